The molecule has 2 saturated heterocycles. The van der Waals surface area contributed by atoms with Crippen LogP contribution in [-0.2, 0) is 9.59 Å². The number of nitrogens with zero attached hydrogens (tertiary/aromatic N) is 3. The second-order valence-electron chi connectivity index (χ2n) is 5.58. The van der Waals surface area contributed by atoms with E-state index in [2.05, 4.69) is 29.2 Å². The molecular formula is C13H24N4O2. The van der Waals surface area contributed by atoms with Gasteiger partial charge in [-0.05, 0) is 20.5 Å². The summed E-state index contributed by atoms with van der Waals surface area (Å²) in [5.74, 6) is 0.0157. The number of amides is 2. The van der Waals surface area contributed by atoms with Gasteiger partial charge >= 0.3 is 0 Å². The van der Waals surface area contributed by atoms with E-state index in [-0.39, 0.29) is 24.4 Å². The maximum absolute atomic E-state index is 12.1. The molecule has 0 bridgehead atoms. The summed E-state index contributed by atoms with van der Waals surface area (Å²) in [5.41, 5.74) is 0. The van der Waals surface area contributed by atoms with Crippen LogP contribution in [0, 0.1) is 0 Å². The summed E-state index contributed by atoms with van der Waals surface area (Å²) in [6.07, 6.45) is 0.670. The molecule has 2 fully saturated rings. The molecule has 2 atom stereocenters. The lowest BCUT2D eigenvalue weighted by atomic mass is 10.1. The zero-order chi connectivity index (χ0) is 14.0. The van der Waals surface area contributed by atoms with Gasteiger partial charge in [0.1, 0.15) is 6.04 Å². The van der Waals surface area contributed by atoms with Gasteiger partial charge in [-0.15, -0.1) is 0 Å². The molecule has 0 aliphatic carbocycles. The average Bonchev–Trinajstić information content (AvgIpc) is 2.38. The number of carbonyl (C=O) groups excluding carboxylic acids is 2. The maximum atomic E-state index is 12.1. The first-order chi connectivity index (χ1) is 9.02. The van der Waals surface area contributed by atoms with E-state index >= 15 is 0 Å². The second-order valence-corrected chi connectivity index (χ2v) is 5.58. The average molecular weight is 268 g/mol. The summed E-state index contributed by atoms with van der Waals surface area (Å²) < 4.78 is 0. The number of nitrogens with one attached hydrogen (secondary N) is 1. The monoisotopic (exact) mass is 268 g/mol. The summed E-state index contributed by atoms with van der Waals surface area (Å²) >= 11 is 0. The molecule has 0 spiro atoms. The van der Waals surface area contributed by atoms with Gasteiger partial charge < -0.3 is 15.1 Å². The first-order valence-corrected chi connectivity index (χ1v) is 6.99. The minimum Gasteiger partial charge on any atom is -0.345 e. The third kappa shape index (κ3) is 3.06. The van der Waals surface area contributed by atoms with Crippen molar-refractivity contribution in [3.63, 3.8) is 0 Å². The van der Waals surface area contributed by atoms with Crippen molar-refractivity contribution in [1.29, 1.82) is 0 Å². The van der Waals surface area contributed by atoms with Gasteiger partial charge in [0.25, 0.3) is 0 Å². The number of rotatable bonds is 3. The minimum atomic E-state index is -0.304. The Kier molecular flexibility index (Phi) is 4.42. The Morgan fingerprint density at radius 1 is 1.26 bits per heavy atom. The standard InChI is InChI=1S/C13H24N4O2/c1-4-11-13(19)14-7-12(18)17(11)9-10-8-15(2)5-6-16(10)3/h10-11H,4-9H2,1-3H3,(H,14,19). The lowest BCUT2D eigenvalue weighted by Gasteiger charge is -2.43. The smallest absolute Gasteiger partial charge is 0.243 e. The number of piperazine rings is 2. The zero-order valence-corrected chi connectivity index (χ0v) is 12.1. The van der Waals surface area contributed by atoms with Gasteiger partial charge in [-0.3, -0.25) is 14.5 Å². The van der Waals surface area contributed by atoms with Crippen molar-refractivity contribution in [2.24, 2.45) is 0 Å². The van der Waals surface area contributed by atoms with Crippen LogP contribution in [0.5, 0.6) is 0 Å². The van der Waals surface area contributed by atoms with Crippen molar-refractivity contribution in [2.45, 2.75) is 25.4 Å². The summed E-state index contributed by atoms with van der Waals surface area (Å²) in [4.78, 5) is 30.2. The Labute approximate surface area is 114 Å². The van der Waals surface area contributed by atoms with Crippen molar-refractivity contribution in [2.75, 3.05) is 46.8 Å². The van der Waals surface area contributed by atoms with E-state index in [4.69, 9.17) is 0 Å². The topological polar surface area (TPSA) is 55.9 Å². The van der Waals surface area contributed by atoms with Crippen molar-refractivity contribution in [3.05, 3.63) is 0 Å². The quantitative estimate of drug-likeness (QED) is 0.711. The number of hydrogen-bond acceptors (Lipinski definition) is 4. The fourth-order valence-corrected chi connectivity index (χ4v) is 2.86. The van der Waals surface area contributed by atoms with Gasteiger partial charge in [-0.1, -0.05) is 6.92 Å². The van der Waals surface area contributed by atoms with Crippen LogP contribution in [0.3, 0.4) is 0 Å². The highest BCUT2D eigenvalue weighted by Crippen LogP contribution is 2.14. The van der Waals surface area contributed by atoms with Crippen LogP contribution < -0.4 is 5.32 Å². The van der Waals surface area contributed by atoms with E-state index in [1.807, 2.05) is 6.92 Å². The van der Waals surface area contributed by atoms with Crippen molar-refractivity contribution in [3.8, 4) is 0 Å². The van der Waals surface area contributed by atoms with E-state index in [1.165, 1.54) is 0 Å². The Hall–Kier alpha value is -1.14. The molecule has 0 aromatic heterocycles. The molecule has 108 valence electrons. The third-order valence-corrected chi connectivity index (χ3v) is 4.19. The van der Waals surface area contributed by atoms with Gasteiger partial charge in [0.15, 0.2) is 0 Å². The molecule has 6 heteroatoms. The molecule has 6 nitrogen and oxygen atoms in total. The highest BCUT2D eigenvalue weighted by Gasteiger charge is 2.36. The fraction of sp³-hybridized carbons (Fsp3) is 0.846. The van der Waals surface area contributed by atoms with Gasteiger partial charge in [0.2, 0.25) is 11.8 Å². The van der Waals surface area contributed by atoms with Crippen LogP contribution in [0.15, 0.2) is 0 Å². The van der Waals surface area contributed by atoms with Gasteiger partial charge in [0, 0.05) is 32.2 Å². The Balaban J connectivity index is 2.06. The molecule has 0 saturated carbocycles. The first-order valence-electron chi connectivity index (χ1n) is 6.99. The van der Waals surface area contributed by atoms with Gasteiger partial charge in [0.05, 0.1) is 6.54 Å². The lowest BCUT2D eigenvalue weighted by molar-refractivity contribution is -0.146. The minimum absolute atomic E-state index is 0.0195. The Morgan fingerprint density at radius 3 is 2.68 bits per heavy atom. The molecule has 19 heavy (non-hydrogen) atoms. The molecule has 2 aliphatic heterocycles. The maximum Gasteiger partial charge on any atom is 0.243 e. The number of likely N-dealkylation sites (N-methyl/N-ethyl adjacent to an activating group) is 2. The summed E-state index contributed by atoms with van der Waals surface area (Å²) in [5, 5.41) is 2.67. The van der Waals surface area contributed by atoms with Crippen LogP contribution in [0.25, 0.3) is 0 Å². The zero-order valence-electron chi connectivity index (χ0n) is 12.1. The fourth-order valence-electron chi connectivity index (χ4n) is 2.86. The summed E-state index contributed by atoms with van der Waals surface area (Å²) in [6, 6.07) is 0.00420. The predicted molar refractivity (Wildman–Crippen MR) is 72.7 cm³/mol. The van der Waals surface area contributed by atoms with E-state index in [0.717, 1.165) is 19.6 Å². The third-order valence-electron chi connectivity index (χ3n) is 4.19. The highest BCUT2D eigenvalue weighted by molar-refractivity contribution is 5.94. The molecule has 2 heterocycles. The summed E-state index contributed by atoms with van der Waals surface area (Å²) in [7, 11) is 4.19. The number of hydrogen-bond donors (Lipinski definition) is 1. The molecule has 0 aromatic rings. The SMILES string of the molecule is CCC1C(=O)NCC(=O)N1CC1CN(C)CCN1C. The molecule has 2 rings (SSSR count). The molecule has 2 aliphatic rings. The second kappa shape index (κ2) is 5.88. The molecule has 2 unspecified atom stereocenters. The predicted octanol–water partition coefficient (Wildman–Crippen LogP) is -1.03. The van der Waals surface area contributed by atoms with Crippen LogP contribution in [0.2, 0.25) is 0 Å². The van der Waals surface area contributed by atoms with Crippen LogP contribution in [0.1, 0.15) is 13.3 Å². The molecule has 1 N–H and O–H groups in total. The molecular weight excluding hydrogens is 244 g/mol. The Morgan fingerprint density at radius 2 is 2.00 bits per heavy atom. The normalized spacial score (nSPS) is 30.6. The van der Waals surface area contributed by atoms with Crippen molar-refractivity contribution >= 4 is 11.8 Å². The molecule has 0 aromatic carbocycles. The largest absolute Gasteiger partial charge is 0.345 e. The van der Waals surface area contributed by atoms with Crippen molar-refractivity contribution < 1.29 is 9.59 Å². The Bertz CT molecular complexity index is 361. The lowest BCUT2D eigenvalue weighted by Crippen LogP contribution is -2.63. The van der Waals surface area contributed by atoms with Crippen LogP contribution in [-0.4, -0.2) is 85.4 Å². The molecule has 0 radical (unpaired) electrons. The van der Waals surface area contributed by atoms with Crippen LogP contribution in [0.4, 0.5) is 0 Å². The highest BCUT2D eigenvalue weighted by atomic mass is 16.2. The van der Waals surface area contributed by atoms with Gasteiger partial charge in [-0.2, -0.15) is 0 Å². The summed E-state index contributed by atoms with van der Waals surface area (Å²) in [6.45, 7) is 5.74. The van der Waals surface area contributed by atoms with E-state index in [1.54, 1.807) is 4.90 Å². The van der Waals surface area contributed by atoms with E-state index in [0.29, 0.717) is 19.0 Å². The van der Waals surface area contributed by atoms with Crippen molar-refractivity contribution in [1.82, 2.24) is 20.0 Å². The van der Waals surface area contributed by atoms with E-state index in [9.17, 15) is 9.59 Å². The van der Waals surface area contributed by atoms with E-state index < -0.39 is 0 Å². The van der Waals surface area contributed by atoms with Crippen LogP contribution >= 0.6 is 0 Å². The first kappa shape index (κ1) is 14.3. The molecule has 2 amide bonds. The number of carbonyl (C=O) groups is 2. The van der Waals surface area contributed by atoms with Gasteiger partial charge in [-0.25, -0.2) is 0 Å².